The molecule has 0 spiro atoms. The van der Waals surface area contributed by atoms with Crippen LogP contribution >= 0.6 is 0 Å². The molecule has 1 unspecified atom stereocenters. The highest BCUT2D eigenvalue weighted by molar-refractivity contribution is 4.86. The van der Waals surface area contributed by atoms with Crippen LogP contribution in [0.15, 0.2) is 0 Å². The van der Waals surface area contributed by atoms with Crippen LogP contribution in [-0.2, 0) is 0 Å². The van der Waals surface area contributed by atoms with Gasteiger partial charge in [-0.05, 0) is 18.8 Å². The van der Waals surface area contributed by atoms with Gasteiger partial charge in [0, 0.05) is 12.5 Å². The summed E-state index contributed by atoms with van der Waals surface area (Å²) < 4.78 is 25.3. The van der Waals surface area contributed by atoms with Crippen LogP contribution in [0.1, 0.15) is 33.1 Å². The zero-order valence-corrected chi connectivity index (χ0v) is 7.74. The van der Waals surface area contributed by atoms with Gasteiger partial charge in [0.25, 0.3) is 5.92 Å². The zero-order valence-electron chi connectivity index (χ0n) is 7.74. The lowest BCUT2D eigenvalue weighted by atomic mass is 10.0. The molecular weight excluding hydrogens is 160 g/mol. The molecule has 1 atom stereocenters. The van der Waals surface area contributed by atoms with Crippen LogP contribution in [-0.4, -0.2) is 18.5 Å². The van der Waals surface area contributed by atoms with Crippen molar-refractivity contribution in [1.29, 1.82) is 0 Å². The summed E-state index contributed by atoms with van der Waals surface area (Å²) in [6.07, 6.45) is 1.95. The standard InChI is InChI=1S/C9H17F2N/c1-7(2)3-4-8-5-9(10,11)6-12-8/h7-8,12H,3-6H2,1-2H3. The Hall–Kier alpha value is -0.180. The molecule has 0 aliphatic carbocycles. The lowest BCUT2D eigenvalue weighted by Gasteiger charge is -2.11. The van der Waals surface area contributed by atoms with Crippen LogP contribution in [0.5, 0.6) is 0 Å². The Morgan fingerprint density at radius 1 is 1.50 bits per heavy atom. The largest absolute Gasteiger partial charge is 0.308 e. The smallest absolute Gasteiger partial charge is 0.261 e. The maximum atomic E-state index is 12.7. The summed E-state index contributed by atoms with van der Waals surface area (Å²) in [5.74, 6) is -1.84. The van der Waals surface area contributed by atoms with E-state index < -0.39 is 5.92 Å². The fourth-order valence-electron chi connectivity index (χ4n) is 1.54. The molecule has 0 bridgehead atoms. The van der Waals surface area contributed by atoms with Gasteiger partial charge in [0.2, 0.25) is 0 Å². The second-order valence-corrected chi connectivity index (χ2v) is 4.11. The van der Waals surface area contributed by atoms with E-state index in [0.717, 1.165) is 12.8 Å². The fraction of sp³-hybridized carbons (Fsp3) is 1.00. The topological polar surface area (TPSA) is 12.0 Å². The Morgan fingerprint density at radius 3 is 2.58 bits per heavy atom. The highest BCUT2D eigenvalue weighted by atomic mass is 19.3. The first kappa shape index (κ1) is 9.90. The molecule has 72 valence electrons. The van der Waals surface area contributed by atoms with Crippen LogP contribution in [0.2, 0.25) is 0 Å². The summed E-state index contributed by atoms with van der Waals surface area (Å²) >= 11 is 0. The molecule has 1 N–H and O–H groups in total. The summed E-state index contributed by atoms with van der Waals surface area (Å²) in [4.78, 5) is 0. The average Bonchev–Trinajstić information content (AvgIpc) is 2.26. The molecule has 1 saturated heterocycles. The number of halogens is 2. The minimum absolute atomic E-state index is 0.0275. The molecule has 12 heavy (non-hydrogen) atoms. The third kappa shape index (κ3) is 3.05. The molecule has 1 fully saturated rings. The lowest BCUT2D eigenvalue weighted by molar-refractivity contribution is 0.0207. The maximum absolute atomic E-state index is 12.7. The first-order valence-electron chi connectivity index (χ1n) is 4.61. The molecule has 1 nitrogen and oxygen atoms in total. The molecule has 1 aliphatic heterocycles. The van der Waals surface area contributed by atoms with E-state index >= 15 is 0 Å². The Morgan fingerprint density at radius 2 is 2.17 bits per heavy atom. The van der Waals surface area contributed by atoms with E-state index in [9.17, 15) is 8.78 Å². The number of nitrogens with one attached hydrogen (secondary N) is 1. The molecule has 0 aromatic heterocycles. The van der Waals surface area contributed by atoms with Crippen molar-refractivity contribution in [2.45, 2.75) is 45.1 Å². The summed E-state index contributed by atoms with van der Waals surface area (Å²) in [5, 5.41) is 2.85. The van der Waals surface area contributed by atoms with Crippen LogP contribution in [0, 0.1) is 5.92 Å². The molecule has 1 heterocycles. The van der Waals surface area contributed by atoms with Gasteiger partial charge in [-0.2, -0.15) is 0 Å². The predicted molar refractivity (Wildman–Crippen MR) is 45.4 cm³/mol. The fourth-order valence-corrected chi connectivity index (χ4v) is 1.54. The number of alkyl halides is 2. The monoisotopic (exact) mass is 177 g/mol. The summed E-state index contributed by atoms with van der Waals surface area (Å²) in [5.41, 5.74) is 0. The molecular formula is C9H17F2N. The van der Waals surface area contributed by atoms with Crippen molar-refractivity contribution in [3.63, 3.8) is 0 Å². The highest BCUT2D eigenvalue weighted by Crippen LogP contribution is 2.27. The van der Waals surface area contributed by atoms with E-state index in [1.165, 1.54) is 0 Å². The first-order chi connectivity index (χ1) is 5.49. The van der Waals surface area contributed by atoms with Gasteiger partial charge in [0.15, 0.2) is 0 Å². The van der Waals surface area contributed by atoms with Crippen LogP contribution in [0.3, 0.4) is 0 Å². The summed E-state index contributed by atoms with van der Waals surface area (Å²) in [6, 6.07) is 0.0439. The van der Waals surface area contributed by atoms with Crippen molar-refractivity contribution in [3.8, 4) is 0 Å². The Labute approximate surface area is 72.5 Å². The molecule has 0 radical (unpaired) electrons. The second-order valence-electron chi connectivity index (χ2n) is 4.11. The van der Waals surface area contributed by atoms with Gasteiger partial charge in [0.1, 0.15) is 0 Å². The second kappa shape index (κ2) is 3.69. The van der Waals surface area contributed by atoms with Crippen molar-refractivity contribution in [3.05, 3.63) is 0 Å². The van der Waals surface area contributed by atoms with Crippen LogP contribution < -0.4 is 5.32 Å². The molecule has 0 amide bonds. The minimum Gasteiger partial charge on any atom is -0.308 e. The van der Waals surface area contributed by atoms with E-state index in [0.29, 0.717) is 5.92 Å². The van der Waals surface area contributed by atoms with Gasteiger partial charge in [-0.15, -0.1) is 0 Å². The minimum atomic E-state index is -2.46. The molecule has 1 rings (SSSR count). The summed E-state index contributed by atoms with van der Waals surface area (Å²) in [6.45, 7) is 4.11. The summed E-state index contributed by atoms with van der Waals surface area (Å²) in [7, 11) is 0. The maximum Gasteiger partial charge on any atom is 0.261 e. The Kier molecular flexibility index (Phi) is 3.04. The van der Waals surface area contributed by atoms with E-state index in [-0.39, 0.29) is 19.0 Å². The van der Waals surface area contributed by atoms with Gasteiger partial charge < -0.3 is 5.32 Å². The SMILES string of the molecule is CC(C)CCC1CC(F)(F)CN1. The van der Waals surface area contributed by atoms with Crippen LogP contribution in [0.4, 0.5) is 8.78 Å². The van der Waals surface area contributed by atoms with Gasteiger partial charge in [-0.1, -0.05) is 13.8 Å². The number of hydrogen-bond donors (Lipinski definition) is 1. The highest BCUT2D eigenvalue weighted by Gasteiger charge is 2.38. The van der Waals surface area contributed by atoms with Crippen molar-refractivity contribution in [2.24, 2.45) is 5.92 Å². The molecule has 3 heteroatoms. The predicted octanol–water partition coefficient (Wildman–Crippen LogP) is 2.42. The first-order valence-corrected chi connectivity index (χ1v) is 4.61. The molecule has 0 aromatic rings. The lowest BCUT2D eigenvalue weighted by Crippen LogP contribution is -2.22. The van der Waals surface area contributed by atoms with Gasteiger partial charge >= 0.3 is 0 Å². The Balaban J connectivity index is 2.20. The number of rotatable bonds is 3. The van der Waals surface area contributed by atoms with E-state index in [2.05, 4.69) is 19.2 Å². The van der Waals surface area contributed by atoms with Crippen molar-refractivity contribution >= 4 is 0 Å². The van der Waals surface area contributed by atoms with Crippen LogP contribution in [0.25, 0.3) is 0 Å². The van der Waals surface area contributed by atoms with E-state index in [1.54, 1.807) is 0 Å². The normalized spacial score (nSPS) is 28.2. The molecule has 0 saturated carbocycles. The molecule has 1 aliphatic rings. The van der Waals surface area contributed by atoms with E-state index in [1.807, 2.05) is 0 Å². The van der Waals surface area contributed by atoms with Gasteiger partial charge in [-0.25, -0.2) is 8.78 Å². The van der Waals surface area contributed by atoms with E-state index in [4.69, 9.17) is 0 Å². The van der Waals surface area contributed by atoms with Gasteiger partial charge in [0.05, 0.1) is 6.54 Å². The zero-order chi connectivity index (χ0) is 9.19. The third-order valence-corrected chi connectivity index (χ3v) is 2.29. The Bertz CT molecular complexity index is 145. The third-order valence-electron chi connectivity index (χ3n) is 2.29. The quantitative estimate of drug-likeness (QED) is 0.698. The van der Waals surface area contributed by atoms with Crippen molar-refractivity contribution in [1.82, 2.24) is 5.32 Å². The number of hydrogen-bond acceptors (Lipinski definition) is 1. The average molecular weight is 177 g/mol. The van der Waals surface area contributed by atoms with Crippen molar-refractivity contribution in [2.75, 3.05) is 6.54 Å². The van der Waals surface area contributed by atoms with Crippen molar-refractivity contribution < 1.29 is 8.78 Å². The molecule has 0 aromatic carbocycles. The van der Waals surface area contributed by atoms with Gasteiger partial charge in [-0.3, -0.25) is 0 Å².